The highest BCUT2D eigenvalue weighted by Crippen LogP contribution is 2.23. The number of halogens is 1. The van der Waals surface area contributed by atoms with E-state index >= 15 is 0 Å². The maximum absolute atomic E-state index is 12.7. The smallest absolute Gasteiger partial charge is 0.325 e. The van der Waals surface area contributed by atoms with Crippen molar-refractivity contribution >= 4 is 40.2 Å². The van der Waals surface area contributed by atoms with E-state index in [0.29, 0.717) is 26.8 Å². The first-order chi connectivity index (χ1) is 12.1. The minimum atomic E-state index is -0.493. The summed E-state index contributed by atoms with van der Waals surface area (Å²) in [5.41, 5.74) is 1.39. The normalized spacial score (nSPS) is 10.8. The number of para-hydroxylation sites is 1. The van der Waals surface area contributed by atoms with Crippen molar-refractivity contribution in [2.75, 3.05) is 7.11 Å². The molecule has 0 fully saturated rings. The lowest BCUT2D eigenvalue weighted by molar-refractivity contribution is -0.141. The van der Waals surface area contributed by atoms with Crippen LogP contribution in [0.15, 0.2) is 58.5 Å². The number of thioether (sulfide) groups is 1. The monoisotopic (exact) mass is 374 g/mol. The topological polar surface area (TPSA) is 61.2 Å². The SMILES string of the molecule is COC(=O)Cn1c(SCc2ccc(Cl)cc2)nc2ccccc2c1=O. The summed E-state index contributed by atoms with van der Waals surface area (Å²) in [5.74, 6) is 0.107. The Balaban J connectivity index is 1.99. The molecule has 0 radical (unpaired) electrons. The highest BCUT2D eigenvalue weighted by Gasteiger charge is 2.14. The molecule has 3 aromatic rings. The van der Waals surface area contributed by atoms with E-state index in [-0.39, 0.29) is 12.1 Å². The van der Waals surface area contributed by atoms with E-state index < -0.39 is 5.97 Å². The molecule has 0 aliphatic heterocycles. The number of fused-ring (bicyclic) bond motifs is 1. The molecule has 0 saturated heterocycles. The maximum Gasteiger partial charge on any atom is 0.325 e. The molecule has 3 rings (SSSR count). The summed E-state index contributed by atoms with van der Waals surface area (Å²) in [4.78, 5) is 29.0. The predicted molar refractivity (Wildman–Crippen MR) is 99.0 cm³/mol. The van der Waals surface area contributed by atoms with Gasteiger partial charge in [-0.3, -0.25) is 14.2 Å². The second-order valence-corrected chi connectivity index (χ2v) is 6.67. The van der Waals surface area contributed by atoms with Crippen LogP contribution in [0.25, 0.3) is 10.9 Å². The summed E-state index contributed by atoms with van der Waals surface area (Å²) in [7, 11) is 1.29. The van der Waals surface area contributed by atoms with E-state index in [1.54, 1.807) is 18.2 Å². The van der Waals surface area contributed by atoms with Crippen molar-refractivity contribution in [1.82, 2.24) is 9.55 Å². The molecule has 5 nitrogen and oxygen atoms in total. The van der Waals surface area contributed by atoms with Crippen LogP contribution < -0.4 is 5.56 Å². The highest BCUT2D eigenvalue weighted by molar-refractivity contribution is 7.98. The third-order valence-electron chi connectivity index (χ3n) is 3.62. The third-order valence-corrected chi connectivity index (χ3v) is 4.92. The zero-order valence-corrected chi connectivity index (χ0v) is 15.0. The summed E-state index contributed by atoms with van der Waals surface area (Å²) < 4.78 is 6.06. The van der Waals surface area contributed by atoms with Gasteiger partial charge in [0.2, 0.25) is 0 Å². The van der Waals surface area contributed by atoms with Gasteiger partial charge in [0.15, 0.2) is 5.16 Å². The van der Waals surface area contributed by atoms with Crippen LogP contribution in [0.3, 0.4) is 0 Å². The number of hydrogen-bond donors (Lipinski definition) is 0. The first-order valence-corrected chi connectivity index (χ1v) is 8.88. The molecule has 0 aliphatic carbocycles. The second-order valence-electron chi connectivity index (χ2n) is 5.29. The van der Waals surface area contributed by atoms with Gasteiger partial charge in [-0.1, -0.05) is 47.6 Å². The maximum atomic E-state index is 12.7. The number of rotatable bonds is 5. The minimum Gasteiger partial charge on any atom is -0.468 e. The van der Waals surface area contributed by atoms with Crippen molar-refractivity contribution in [2.24, 2.45) is 0 Å². The molecule has 0 bridgehead atoms. The molecule has 25 heavy (non-hydrogen) atoms. The number of carbonyl (C=O) groups excluding carboxylic acids is 1. The van der Waals surface area contributed by atoms with Gasteiger partial charge in [0.1, 0.15) is 6.54 Å². The standard InChI is InChI=1S/C18H15ClN2O3S/c1-24-16(22)10-21-17(23)14-4-2-3-5-15(14)20-18(21)25-11-12-6-8-13(19)9-7-12/h2-9H,10-11H2,1H3. The summed E-state index contributed by atoms with van der Waals surface area (Å²) in [5, 5.41) is 1.62. The molecular formula is C18H15ClN2O3S. The third kappa shape index (κ3) is 4.03. The Hall–Kier alpha value is -2.31. The highest BCUT2D eigenvalue weighted by atomic mass is 35.5. The van der Waals surface area contributed by atoms with Gasteiger partial charge in [-0.05, 0) is 29.8 Å². The largest absolute Gasteiger partial charge is 0.468 e. The van der Waals surface area contributed by atoms with Gasteiger partial charge >= 0.3 is 5.97 Å². The van der Waals surface area contributed by atoms with E-state index in [9.17, 15) is 9.59 Å². The predicted octanol–water partition coefficient (Wildman–Crippen LogP) is 3.52. The summed E-state index contributed by atoms with van der Waals surface area (Å²) in [6.45, 7) is -0.171. The quantitative estimate of drug-likeness (QED) is 0.388. The van der Waals surface area contributed by atoms with Crippen molar-refractivity contribution in [3.63, 3.8) is 0 Å². The number of ether oxygens (including phenoxy) is 1. The first-order valence-electron chi connectivity index (χ1n) is 7.52. The second kappa shape index (κ2) is 7.72. The van der Waals surface area contributed by atoms with Crippen LogP contribution in [0.5, 0.6) is 0 Å². The molecule has 0 aliphatic rings. The average molecular weight is 375 g/mol. The first kappa shape index (κ1) is 17.5. The number of nitrogens with zero attached hydrogens (tertiary/aromatic N) is 2. The van der Waals surface area contributed by atoms with Crippen LogP contribution in [0, 0.1) is 0 Å². The summed E-state index contributed by atoms with van der Waals surface area (Å²) >= 11 is 7.29. The molecule has 0 unspecified atom stereocenters. The van der Waals surface area contributed by atoms with Crippen LogP contribution in [0.4, 0.5) is 0 Å². The number of aromatic nitrogens is 2. The number of carbonyl (C=O) groups is 1. The number of hydrogen-bond acceptors (Lipinski definition) is 5. The van der Waals surface area contributed by atoms with Crippen molar-refractivity contribution in [3.05, 3.63) is 69.5 Å². The minimum absolute atomic E-state index is 0.171. The van der Waals surface area contributed by atoms with Gasteiger partial charge in [0, 0.05) is 10.8 Å². The van der Waals surface area contributed by atoms with Crippen molar-refractivity contribution in [1.29, 1.82) is 0 Å². The van der Waals surface area contributed by atoms with Crippen LogP contribution in [0.2, 0.25) is 5.02 Å². The van der Waals surface area contributed by atoms with E-state index in [2.05, 4.69) is 4.98 Å². The van der Waals surface area contributed by atoms with Crippen LogP contribution >= 0.6 is 23.4 Å². The zero-order chi connectivity index (χ0) is 17.8. The Kier molecular flexibility index (Phi) is 5.40. The molecule has 7 heteroatoms. The van der Waals surface area contributed by atoms with Crippen LogP contribution in [0.1, 0.15) is 5.56 Å². The molecule has 0 spiro atoms. The van der Waals surface area contributed by atoms with Crippen LogP contribution in [-0.4, -0.2) is 22.6 Å². The number of esters is 1. The van der Waals surface area contributed by atoms with Gasteiger partial charge in [-0.15, -0.1) is 0 Å². The van der Waals surface area contributed by atoms with E-state index in [1.807, 2.05) is 30.3 Å². The molecule has 0 atom stereocenters. The van der Waals surface area contributed by atoms with Gasteiger partial charge in [-0.2, -0.15) is 0 Å². The molecular weight excluding hydrogens is 360 g/mol. The van der Waals surface area contributed by atoms with E-state index in [0.717, 1.165) is 5.56 Å². The van der Waals surface area contributed by atoms with Crippen molar-refractivity contribution < 1.29 is 9.53 Å². The fraction of sp³-hybridized carbons (Fsp3) is 0.167. The van der Waals surface area contributed by atoms with Crippen molar-refractivity contribution in [2.45, 2.75) is 17.5 Å². The van der Waals surface area contributed by atoms with Gasteiger partial charge in [0.05, 0.1) is 18.0 Å². The average Bonchev–Trinajstić information content (AvgIpc) is 2.63. The van der Waals surface area contributed by atoms with E-state index in [1.165, 1.54) is 23.4 Å². The number of methoxy groups -OCH3 is 1. The molecule has 0 amide bonds. The van der Waals surface area contributed by atoms with Gasteiger partial charge in [0.25, 0.3) is 5.56 Å². The summed E-state index contributed by atoms with van der Waals surface area (Å²) in [6, 6.07) is 14.5. The van der Waals surface area contributed by atoms with E-state index in [4.69, 9.17) is 16.3 Å². The fourth-order valence-electron chi connectivity index (χ4n) is 2.32. The molecule has 128 valence electrons. The Labute approximate surface area is 153 Å². The summed E-state index contributed by atoms with van der Waals surface area (Å²) in [6.07, 6.45) is 0. The molecule has 1 heterocycles. The lowest BCUT2D eigenvalue weighted by Crippen LogP contribution is -2.27. The van der Waals surface area contributed by atoms with Gasteiger partial charge < -0.3 is 4.74 Å². The zero-order valence-electron chi connectivity index (χ0n) is 13.4. The molecule has 0 N–H and O–H groups in total. The Morgan fingerprint density at radius 2 is 1.92 bits per heavy atom. The Morgan fingerprint density at radius 3 is 2.64 bits per heavy atom. The van der Waals surface area contributed by atoms with Crippen molar-refractivity contribution in [3.8, 4) is 0 Å². The molecule has 2 aromatic carbocycles. The number of benzene rings is 2. The Morgan fingerprint density at radius 1 is 1.20 bits per heavy atom. The molecule has 1 aromatic heterocycles. The van der Waals surface area contributed by atoms with Gasteiger partial charge in [-0.25, -0.2) is 4.98 Å². The van der Waals surface area contributed by atoms with Crippen LogP contribution in [-0.2, 0) is 21.8 Å². The molecule has 0 saturated carbocycles. The fourth-order valence-corrected chi connectivity index (χ4v) is 3.40. The Bertz CT molecular complexity index is 970. The lowest BCUT2D eigenvalue weighted by Gasteiger charge is -2.12. The lowest BCUT2D eigenvalue weighted by atomic mass is 10.2.